The molecule has 0 aliphatic carbocycles. The molecule has 0 aromatic carbocycles. The molecule has 0 atom stereocenters. The first-order valence-corrected chi connectivity index (χ1v) is 4.13. The summed E-state index contributed by atoms with van der Waals surface area (Å²) in [6.45, 7) is 3.54. The SMILES string of the molecule is NN1CCC2(CC1)COCN2. The minimum atomic E-state index is 0.260. The van der Waals surface area contributed by atoms with Gasteiger partial charge in [0.25, 0.3) is 0 Å². The molecular formula is C7H15N3O. The second-order valence-corrected chi connectivity index (χ2v) is 3.49. The highest BCUT2D eigenvalue weighted by atomic mass is 16.5. The number of nitrogens with two attached hydrogens (primary N) is 1. The zero-order valence-corrected chi connectivity index (χ0v) is 6.68. The van der Waals surface area contributed by atoms with Gasteiger partial charge in [-0.1, -0.05) is 0 Å². The standard InChI is InChI=1S/C7H15N3O/c8-10-3-1-7(2-4-10)5-11-6-9-7/h9H,1-6,8H2. The Hall–Kier alpha value is -0.160. The van der Waals surface area contributed by atoms with Crippen molar-refractivity contribution >= 4 is 0 Å². The molecule has 2 rings (SSSR count). The van der Waals surface area contributed by atoms with E-state index in [0.717, 1.165) is 32.5 Å². The van der Waals surface area contributed by atoms with Crippen molar-refractivity contribution in [2.75, 3.05) is 26.4 Å². The number of piperidine rings is 1. The van der Waals surface area contributed by atoms with Gasteiger partial charge in [0, 0.05) is 18.6 Å². The van der Waals surface area contributed by atoms with E-state index in [4.69, 9.17) is 10.6 Å². The summed E-state index contributed by atoms with van der Waals surface area (Å²) >= 11 is 0. The van der Waals surface area contributed by atoms with Gasteiger partial charge in [0.2, 0.25) is 0 Å². The molecule has 11 heavy (non-hydrogen) atoms. The van der Waals surface area contributed by atoms with E-state index in [9.17, 15) is 0 Å². The van der Waals surface area contributed by atoms with Gasteiger partial charge in [-0.05, 0) is 12.8 Å². The number of nitrogens with one attached hydrogen (secondary N) is 1. The summed E-state index contributed by atoms with van der Waals surface area (Å²) in [5, 5.41) is 5.27. The molecule has 0 unspecified atom stereocenters. The molecule has 0 aromatic rings. The quantitative estimate of drug-likeness (QED) is 0.455. The minimum Gasteiger partial charge on any atom is -0.364 e. The number of hydrogen-bond acceptors (Lipinski definition) is 4. The van der Waals surface area contributed by atoms with E-state index in [1.165, 1.54) is 0 Å². The minimum absolute atomic E-state index is 0.260. The molecule has 0 radical (unpaired) electrons. The highest BCUT2D eigenvalue weighted by Gasteiger charge is 2.36. The van der Waals surface area contributed by atoms with E-state index in [1.807, 2.05) is 5.01 Å². The molecule has 64 valence electrons. The van der Waals surface area contributed by atoms with Crippen molar-refractivity contribution < 1.29 is 4.74 Å². The van der Waals surface area contributed by atoms with Crippen LogP contribution in [0.25, 0.3) is 0 Å². The first-order chi connectivity index (χ1) is 5.31. The van der Waals surface area contributed by atoms with Gasteiger partial charge in [0.05, 0.1) is 13.3 Å². The fraction of sp³-hybridized carbons (Fsp3) is 1.00. The summed E-state index contributed by atoms with van der Waals surface area (Å²) in [5.74, 6) is 5.65. The molecule has 0 aromatic heterocycles. The Balaban J connectivity index is 1.94. The second-order valence-electron chi connectivity index (χ2n) is 3.49. The summed E-state index contributed by atoms with van der Waals surface area (Å²) in [6, 6.07) is 0. The average molecular weight is 157 g/mol. The fourth-order valence-corrected chi connectivity index (χ4v) is 1.77. The van der Waals surface area contributed by atoms with E-state index >= 15 is 0 Å². The van der Waals surface area contributed by atoms with Gasteiger partial charge >= 0.3 is 0 Å². The van der Waals surface area contributed by atoms with Crippen LogP contribution in [0.2, 0.25) is 0 Å². The van der Waals surface area contributed by atoms with E-state index in [1.54, 1.807) is 0 Å². The summed E-state index contributed by atoms with van der Waals surface area (Å²) in [7, 11) is 0. The molecule has 1 spiro atoms. The third-order valence-corrected chi connectivity index (χ3v) is 2.68. The van der Waals surface area contributed by atoms with Gasteiger partial charge < -0.3 is 4.74 Å². The molecule has 2 saturated heterocycles. The lowest BCUT2D eigenvalue weighted by Gasteiger charge is -2.36. The Bertz CT molecular complexity index is 135. The Kier molecular flexibility index (Phi) is 1.85. The lowest BCUT2D eigenvalue weighted by Crippen LogP contribution is -2.53. The molecule has 0 saturated carbocycles. The smallest absolute Gasteiger partial charge is 0.0971 e. The number of rotatable bonds is 0. The van der Waals surface area contributed by atoms with Gasteiger partial charge in [-0.25, -0.2) is 5.01 Å². The van der Waals surface area contributed by atoms with Crippen molar-refractivity contribution in [2.24, 2.45) is 5.84 Å². The van der Waals surface area contributed by atoms with E-state index in [2.05, 4.69) is 5.32 Å². The van der Waals surface area contributed by atoms with Crippen LogP contribution in [-0.4, -0.2) is 37.0 Å². The first-order valence-electron chi connectivity index (χ1n) is 4.13. The Morgan fingerprint density at radius 2 is 2.09 bits per heavy atom. The highest BCUT2D eigenvalue weighted by molar-refractivity contribution is 4.94. The van der Waals surface area contributed by atoms with Crippen LogP contribution in [0.1, 0.15) is 12.8 Å². The number of hydrazine groups is 1. The molecule has 2 aliphatic rings. The first kappa shape index (κ1) is 7.49. The lowest BCUT2D eigenvalue weighted by molar-refractivity contribution is 0.125. The molecule has 4 heteroatoms. The lowest BCUT2D eigenvalue weighted by atomic mass is 9.90. The van der Waals surface area contributed by atoms with Gasteiger partial charge in [-0.3, -0.25) is 11.2 Å². The van der Waals surface area contributed by atoms with Crippen molar-refractivity contribution in [3.63, 3.8) is 0 Å². The normalized spacial score (nSPS) is 31.4. The van der Waals surface area contributed by atoms with Crippen LogP contribution in [0.4, 0.5) is 0 Å². The Labute approximate surface area is 66.7 Å². The predicted molar refractivity (Wildman–Crippen MR) is 41.7 cm³/mol. The summed E-state index contributed by atoms with van der Waals surface area (Å²) in [5.41, 5.74) is 0.260. The Morgan fingerprint density at radius 3 is 2.64 bits per heavy atom. The van der Waals surface area contributed by atoms with Crippen molar-refractivity contribution in [3.8, 4) is 0 Å². The Morgan fingerprint density at radius 1 is 1.36 bits per heavy atom. The fourth-order valence-electron chi connectivity index (χ4n) is 1.77. The van der Waals surface area contributed by atoms with Crippen LogP contribution in [0.15, 0.2) is 0 Å². The maximum absolute atomic E-state index is 5.65. The van der Waals surface area contributed by atoms with Crippen LogP contribution in [0, 0.1) is 0 Å². The monoisotopic (exact) mass is 157 g/mol. The topological polar surface area (TPSA) is 50.5 Å². The maximum Gasteiger partial charge on any atom is 0.0971 e. The summed E-state index contributed by atoms with van der Waals surface area (Å²) in [4.78, 5) is 0. The predicted octanol–water partition coefficient (Wildman–Crippen LogP) is -0.728. The third kappa shape index (κ3) is 1.39. The highest BCUT2D eigenvalue weighted by Crippen LogP contribution is 2.23. The van der Waals surface area contributed by atoms with Gasteiger partial charge in [-0.2, -0.15) is 0 Å². The van der Waals surface area contributed by atoms with Crippen LogP contribution in [0.5, 0.6) is 0 Å². The zero-order chi connectivity index (χ0) is 7.73. The van der Waals surface area contributed by atoms with Crippen molar-refractivity contribution in [1.29, 1.82) is 0 Å². The summed E-state index contributed by atoms with van der Waals surface area (Å²) in [6.07, 6.45) is 2.23. The van der Waals surface area contributed by atoms with Crippen LogP contribution in [-0.2, 0) is 4.74 Å². The number of ether oxygens (including phenoxy) is 1. The maximum atomic E-state index is 5.65. The second kappa shape index (κ2) is 2.71. The van der Waals surface area contributed by atoms with Crippen molar-refractivity contribution in [3.05, 3.63) is 0 Å². The molecule has 2 fully saturated rings. The van der Waals surface area contributed by atoms with Gasteiger partial charge in [-0.15, -0.1) is 0 Å². The number of hydrogen-bond donors (Lipinski definition) is 2. The largest absolute Gasteiger partial charge is 0.364 e. The molecular weight excluding hydrogens is 142 g/mol. The van der Waals surface area contributed by atoms with Crippen LogP contribution < -0.4 is 11.2 Å². The van der Waals surface area contributed by atoms with Gasteiger partial charge in [0.1, 0.15) is 0 Å². The van der Waals surface area contributed by atoms with E-state index in [0.29, 0.717) is 6.73 Å². The van der Waals surface area contributed by atoms with Gasteiger partial charge in [0.15, 0.2) is 0 Å². The van der Waals surface area contributed by atoms with Crippen molar-refractivity contribution in [1.82, 2.24) is 10.3 Å². The molecule has 0 bridgehead atoms. The van der Waals surface area contributed by atoms with E-state index < -0.39 is 0 Å². The van der Waals surface area contributed by atoms with Crippen LogP contribution in [0.3, 0.4) is 0 Å². The van der Waals surface area contributed by atoms with Crippen molar-refractivity contribution in [2.45, 2.75) is 18.4 Å². The summed E-state index contributed by atoms with van der Waals surface area (Å²) < 4.78 is 5.30. The number of nitrogens with zero attached hydrogens (tertiary/aromatic N) is 1. The molecule has 4 nitrogen and oxygen atoms in total. The average Bonchev–Trinajstić information content (AvgIpc) is 2.45. The molecule has 2 heterocycles. The molecule has 0 amide bonds. The molecule has 3 N–H and O–H groups in total. The third-order valence-electron chi connectivity index (χ3n) is 2.68. The molecule has 2 aliphatic heterocycles. The zero-order valence-electron chi connectivity index (χ0n) is 6.68. The van der Waals surface area contributed by atoms with E-state index in [-0.39, 0.29) is 5.54 Å². The van der Waals surface area contributed by atoms with Crippen LogP contribution >= 0.6 is 0 Å².